The maximum Gasteiger partial charge on any atom is 0.246 e. The molecular formula is C24H31FN2O3. The minimum Gasteiger partial charge on any atom is -0.493 e. The van der Waals surface area contributed by atoms with Gasteiger partial charge in [-0.05, 0) is 67.9 Å². The fourth-order valence-corrected chi connectivity index (χ4v) is 3.06. The van der Waals surface area contributed by atoms with E-state index in [-0.39, 0.29) is 11.7 Å². The molecule has 162 valence electrons. The van der Waals surface area contributed by atoms with Crippen LogP contribution in [0.3, 0.4) is 0 Å². The van der Waals surface area contributed by atoms with Crippen LogP contribution in [0.5, 0.6) is 11.5 Å². The van der Waals surface area contributed by atoms with Crippen LogP contribution in [0, 0.1) is 5.82 Å². The standard InChI is InChI=1S/C24H31FN2O3/c1-26(16-13-20-9-11-22(29-3)23(18-20)30-4)14-6-15-27(2)24(28)12-10-19-7-5-8-21(25)17-19/h5,7-12,17-18H,6,13-16H2,1-4H3. The van der Waals surface area contributed by atoms with Crippen molar-refractivity contribution in [2.45, 2.75) is 12.8 Å². The largest absolute Gasteiger partial charge is 0.493 e. The van der Waals surface area contributed by atoms with Gasteiger partial charge in [0, 0.05) is 26.2 Å². The Morgan fingerprint density at radius 1 is 1.00 bits per heavy atom. The lowest BCUT2D eigenvalue weighted by Crippen LogP contribution is -2.30. The summed E-state index contributed by atoms with van der Waals surface area (Å²) in [5, 5.41) is 0. The van der Waals surface area contributed by atoms with Crippen LogP contribution in [0.2, 0.25) is 0 Å². The Bertz CT molecular complexity index is 854. The molecule has 0 bridgehead atoms. The first-order valence-corrected chi connectivity index (χ1v) is 10.0. The van der Waals surface area contributed by atoms with E-state index in [0.29, 0.717) is 12.1 Å². The number of rotatable bonds is 11. The molecule has 0 saturated carbocycles. The Kier molecular flexibility index (Phi) is 9.35. The average Bonchev–Trinajstić information content (AvgIpc) is 2.75. The summed E-state index contributed by atoms with van der Waals surface area (Å²) in [6, 6.07) is 12.1. The summed E-state index contributed by atoms with van der Waals surface area (Å²) in [5.74, 6) is 1.07. The fraction of sp³-hybridized carbons (Fsp3) is 0.375. The van der Waals surface area contributed by atoms with Gasteiger partial charge < -0.3 is 19.3 Å². The highest BCUT2D eigenvalue weighted by Crippen LogP contribution is 2.27. The number of carbonyl (C=O) groups is 1. The lowest BCUT2D eigenvalue weighted by molar-refractivity contribution is -0.124. The monoisotopic (exact) mass is 414 g/mol. The van der Waals surface area contributed by atoms with Gasteiger partial charge in [0.15, 0.2) is 11.5 Å². The van der Waals surface area contributed by atoms with Crippen molar-refractivity contribution >= 4 is 12.0 Å². The van der Waals surface area contributed by atoms with Gasteiger partial charge in [0.1, 0.15) is 5.82 Å². The van der Waals surface area contributed by atoms with Crippen molar-refractivity contribution in [3.8, 4) is 11.5 Å². The molecular weight excluding hydrogens is 383 g/mol. The summed E-state index contributed by atoms with van der Waals surface area (Å²) in [7, 11) is 7.12. The van der Waals surface area contributed by atoms with E-state index in [2.05, 4.69) is 11.9 Å². The van der Waals surface area contributed by atoms with E-state index in [1.54, 1.807) is 44.4 Å². The topological polar surface area (TPSA) is 42.0 Å². The van der Waals surface area contributed by atoms with Gasteiger partial charge in [-0.3, -0.25) is 4.79 Å². The third-order valence-corrected chi connectivity index (χ3v) is 4.91. The Balaban J connectivity index is 1.72. The van der Waals surface area contributed by atoms with Crippen LogP contribution in [-0.2, 0) is 11.2 Å². The minimum atomic E-state index is -0.311. The van der Waals surface area contributed by atoms with E-state index < -0.39 is 0 Å². The number of ether oxygens (including phenoxy) is 2. The molecule has 2 aromatic carbocycles. The van der Waals surface area contributed by atoms with Gasteiger partial charge >= 0.3 is 0 Å². The molecule has 0 aliphatic carbocycles. The molecule has 0 N–H and O–H groups in total. The number of hydrogen-bond donors (Lipinski definition) is 0. The molecule has 0 aromatic heterocycles. The van der Waals surface area contributed by atoms with Gasteiger partial charge in [-0.25, -0.2) is 4.39 Å². The van der Waals surface area contributed by atoms with Crippen LogP contribution in [0.1, 0.15) is 17.5 Å². The van der Waals surface area contributed by atoms with E-state index in [1.165, 1.54) is 23.8 Å². The van der Waals surface area contributed by atoms with Crippen LogP contribution in [0.25, 0.3) is 6.08 Å². The Hall–Kier alpha value is -2.86. The van der Waals surface area contributed by atoms with E-state index in [0.717, 1.165) is 37.4 Å². The van der Waals surface area contributed by atoms with Crippen LogP contribution in [-0.4, -0.2) is 63.7 Å². The molecule has 0 radical (unpaired) electrons. The third kappa shape index (κ3) is 7.52. The van der Waals surface area contributed by atoms with E-state index in [9.17, 15) is 9.18 Å². The van der Waals surface area contributed by atoms with Gasteiger partial charge in [0.05, 0.1) is 14.2 Å². The lowest BCUT2D eigenvalue weighted by Gasteiger charge is -2.20. The number of nitrogens with zero attached hydrogens (tertiary/aromatic N) is 2. The van der Waals surface area contributed by atoms with Gasteiger partial charge in [-0.1, -0.05) is 18.2 Å². The van der Waals surface area contributed by atoms with Gasteiger partial charge in [0.2, 0.25) is 5.91 Å². The zero-order valence-electron chi connectivity index (χ0n) is 18.2. The lowest BCUT2D eigenvalue weighted by atomic mass is 10.1. The Morgan fingerprint density at radius 3 is 2.47 bits per heavy atom. The molecule has 0 saturated heterocycles. The van der Waals surface area contributed by atoms with Crippen molar-refractivity contribution in [1.82, 2.24) is 9.80 Å². The van der Waals surface area contributed by atoms with Crippen molar-refractivity contribution in [3.05, 3.63) is 65.5 Å². The molecule has 1 amide bonds. The predicted octanol–water partition coefficient (Wildman–Crippen LogP) is 3.88. The highest BCUT2D eigenvalue weighted by molar-refractivity contribution is 5.91. The predicted molar refractivity (Wildman–Crippen MR) is 118 cm³/mol. The molecule has 30 heavy (non-hydrogen) atoms. The summed E-state index contributed by atoms with van der Waals surface area (Å²) in [5.41, 5.74) is 1.86. The summed E-state index contributed by atoms with van der Waals surface area (Å²) in [6.45, 7) is 2.46. The normalized spacial score (nSPS) is 11.1. The maximum absolute atomic E-state index is 13.2. The van der Waals surface area contributed by atoms with Crippen molar-refractivity contribution < 1.29 is 18.7 Å². The minimum absolute atomic E-state index is 0.0905. The molecule has 0 heterocycles. The highest BCUT2D eigenvalue weighted by atomic mass is 19.1. The molecule has 0 aliphatic rings. The molecule has 6 heteroatoms. The Labute approximate surface area is 178 Å². The summed E-state index contributed by atoms with van der Waals surface area (Å²) in [6.07, 6.45) is 4.90. The van der Waals surface area contributed by atoms with E-state index >= 15 is 0 Å². The number of hydrogen-bond acceptors (Lipinski definition) is 4. The first-order valence-electron chi connectivity index (χ1n) is 10.0. The van der Waals surface area contributed by atoms with Crippen LogP contribution in [0.4, 0.5) is 4.39 Å². The first kappa shape index (κ1) is 23.4. The average molecular weight is 415 g/mol. The number of methoxy groups -OCH3 is 2. The number of amides is 1. The van der Waals surface area contributed by atoms with E-state index in [1.807, 2.05) is 18.2 Å². The van der Waals surface area contributed by atoms with E-state index in [4.69, 9.17) is 9.47 Å². The van der Waals surface area contributed by atoms with Crippen molar-refractivity contribution in [3.63, 3.8) is 0 Å². The molecule has 0 unspecified atom stereocenters. The van der Waals surface area contributed by atoms with Crippen molar-refractivity contribution in [2.75, 3.05) is 47.9 Å². The molecule has 0 atom stereocenters. The quantitative estimate of drug-likeness (QED) is 0.524. The smallest absolute Gasteiger partial charge is 0.246 e. The first-order chi connectivity index (χ1) is 14.4. The molecule has 0 aliphatic heterocycles. The summed E-state index contributed by atoms with van der Waals surface area (Å²) < 4.78 is 23.8. The van der Waals surface area contributed by atoms with Crippen LogP contribution >= 0.6 is 0 Å². The molecule has 0 fully saturated rings. The Morgan fingerprint density at radius 2 is 1.77 bits per heavy atom. The molecule has 5 nitrogen and oxygen atoms in total. The van der Waals surface area contributed by atoms with Crippen molar-refractivity contribution in [1.29, 1.82) is 0 Å². The van der Waals surface area contributed by atoms with Crippen LogP contribution in [0.15, 0.2) is 48.5 Å². The zero-order valence-corrected chi connectivity index (χ0v) is 18.2. The molecule has 0 spiro atoms. The second kappa shape index (κ2) is 12.0. The third-order valence-electron chi connectivity index (χ3n) is 4.91. The highest BCUT2D eigenvalue weighted by Gasteiger charge is 2.08. The van der Waals surface area contributed by atoms with Crippen molar-refractivity contribution in [2.24, 2.45) is 0 Å². The van der Waals surface area contributed by atoms with Gasteiger partial charge in [-0.15, -0.1) is 0 Å². The second-order valence-electron chi connectivity index (χ2n) is 7.24. The number of benzene rings is 2. The number of halogens is 1. The number of carbonyl (C=O) groups excluding carboxylic acids is 1. The SMILES string of the molecule is COc1ccc(CCN(C)CCCN(C)C(=O)C=Cc2cccc(F)c2)cc1OC. The molecule has 2 aromatic rings. The summed E-state index contributed by atoms with van der Waals surface area (Å²) in [4.78, 5) is 16.1. The second-order valence-corrected chi connectivity index (χ2v) is 7.24. The maximum atomic E-state index is 13.2. The van der Waals surface area contributed by atoms with Gasteiger partial charge in [0.25, 0.3) is 0 Å². The summed E-state index contributed by atoms with van der Waals surface area (Å²) >= 11 is 0. The zero-order chi connectivity index (χ0) is 21.9. The van der Waals surface area contributed by atoms with Gasteiger partial charge in [-0.2, -0.15) is 0 Å². The van der Waals surface area contributed by atoms with Crippen LogP contribution < -0.4 is 9.47 Å². The fourth-order valence-electron chi connectivity index (χ4n) is 3.06. The molecule has 2 rings (SSSR count). The number of likely N-dealkylation sites (N-methyl/N-ethyl adjacent to an activating group) is 2.